The Kier molecular flexibility index (Phi) is 5.34. The molecule has 110 valence electrons. The number of benzene rings is 1. The molecule has 2 N–H and O–H groups in total. The lowest BCUT2D eigenvalue weighted by Gasteiger charge is -2.06. The van der Waals surface area contributed by atoms with Crippen LogP contribution in [0.4, 0.5) is 5.69 Å². The van der Waals surface area contributed by atoms with Crippen molar-refractivity contribution in [2.24, 2.45) is 5.10 Å². The lowest BCUT2D eigenvalue weighted by Crippen LogP contribution is -2.26. The van der Waals surface area contributed by atoms with Gasteiger partial charge in [0.05, 0.1) is 19.4 Å². The molecule has 0 bridgehead atoms. The van der Waals surface area contributed by atoms with Gasteiger partial charge in [-0.1, -0.05) is 6.07 Å². The first-order valence-corrected chi connectivity index (χ1v) is 7.32. The highest BCUT2D eigenvalue weighted by Crippen LogP contribution is 2.14. The van der Waals surface area contributed by atoms with Crippen molar-refractivity contribution in [3.63, 3.8) is 0 Å². The summed E-state index contributed by atoms with van der Waals surface area (Å²) in [4.78, 5) is 12.8. The van der Waals surface area contributed by atoms with E-state index < -0.39 is 0 Å². The van der Waals surface area contributed by atoms with Gasteiger partial charge in [-0.3, -0.25) is 4.79 Å². The van der Waals surface area contributed by atoms with Gasteiger partial charge in [0.2, 0.25) is 0 Å². The van der Waals surface area contributed by atoms with Crippen LogP contribution in [-0.2, 0) is 4.79 Å². The topological polar surface area (TPSA) is 62.7 Å². The number of ether oxygens (including phenoxy) is 1. The third-order valence-corrected chi connectivity index (χ3v) is 3.75. The number of nitrogens with one attached hydrogen (secondary N) is 2. The largest absolute Gasteiger partial charge is 0.497 e. The number of anilines is 1. The van der Waals surface area contributed by atoms with E-state index in [-0.39, 0.29) is 12.5 Å². The summed E-state index contributed by atoms with van der Waals surface area (Å²) in [6.45, 7) is 2.02. The van der Waals surface area contributed by atoms with Gasteiger partial charge in [0.15, 0.2) is 0 Å². The highest BCUT2D eigenvalue weighted by molar-refractivity contribution is 7.12. The molecule has 0 aliphatic carbocycles. The molecule has 5 nitrogen and oxygen atoms in total. The number of nitrogens with zero attached hydrogens (tertiary/aromatic N) is 1. The van der Waals surface area contributed by atoms with Crippen LogP contribution in [0.25, 0.3) is 0 Å². The van der Waals surface area contributed by atoms with E-state index in [2.05, 4.69) is 15.8 Å². The second-order valence-electron chi connectivity index (χ2n) is 4.29. The second kappa shape index (κ2) is 7.44. The third kappa shape index (κ3) is 4.61. The van der Waals surface area contributed by atoms with Gasteiger partial charge in [-0.05, 0) is 42.6 Å². The molecule has 6 heteroatoms. The molecule has 0 aliphatic rings. The predicted octanol–water partition coefficient (Wildman–Crippen LogP) is 2.71. The molecular weight excluding hydrogens is 286 g/mol. The van der Waals surface area contributed by atoms with Gasteiger partial charge in [-0.15, -0.1) is 11.3 Å². The summed E-state index contributed by atoms with van der Waals surface area (Å²) in [5, 5.41) is 9.07. The Morgan fingerprint density at radius 2 is 2.05 bits per heavy atom. The summed E-state index contributed by atoms with van der Waals surface area (Å²) >= 11 is 1.59. The average Bonchev–Trinajstić information content (AvgIpc) is 3.05. The minimum absolute atomic E-state index is 0.160. The van der Waals surface area contributed by atoms with E-state index in [4.69, 9.17) is 4.74 Å². The minimum Gasteiger partial charge on any atom is -0.497 e. The van der Waals surface area contributed by atoms with Crippen molar-refractivity contribution in [1.82, 2.24) is 5.43 Å². The SMILES string of the molecule is COc1ccc(NCC(=O)N/N=C(/C)c2cccs2)cc1. The van der Waals surface area contributed by atoms with E-state index >= 15 is 0 Å². The van der Waals surface area contributed by atoms with Crippen molar-refractivity contribution in [3.8, 4) is 5.75 Å². The standard InChI is InChI=1S/C15H17N3O2S/c1-11(14-4-3-9-21-14)17-18-15(19)10-16-12-5-7-13(20-2)8-6-12/h3-9,16H,10H2,1-2H3,(H,18,19)/b17-11-. The van der Waals surface area contributed by atoms with E-state index in [1.165, 1.54) is 0 Å². The van der Waals surface area contributed by atoms with E-state index in [0.717, 1.165) is 22.0 Å². The molecule has 0 spiro atoms. The van der Waals surface area contributed by atoms with Crippen LogP contribution in [0, 0.1) is 0 Å². The molecule has 1 heterocycles. The van der Waals surface area contributed by atoms with Crippen LogP contribution in [0.15, 0.2) is 46.9 Å². The molecule has 0 radical (unpaired) electrons. The zero-order chi connectivity index (χ0) is 15.1. The summed E-state index contributed by atoms with van der Waals surface area (Å²) in [7, 11) is 1.61. The molecule has 1 aromatic carbocycles. The Morgan fingerprint density at radius 3 is 2.67 bits per heavy atom. The van der Waals surface area contributed by atoms with Gasteiger partial charge in [0.25, 0.3) is 5.91 Å². The van der Waals surface area contributed by atoms with Crippen molar-refractivity contribution in [1.29, 1.82) is 0 Å². The zero-order valence-electron chi connectivity index (χ0n) is 11.9. The van der Waals surface area contributed by atoms with Crippen LogP contribution in [0.5, 0.6) is 5.75 Å². The molecule has 1 aromatic heterocycles. The number of carbonyl (C=O) groups is 1. The van der Waals surface area contributed by atoms with Gasteiger partial charge in [0.1, 0.15) is 5.75 Å². The van der Waals surface area contributed by atoms with Gasteiger partial charge < -0.3 is 10.1 Å². The molecule has 1 amide bonds. The van der Waals surface area contributed by atoms with Gasteiger partial charge in [0, 0.05) is 10.6 Å². The number of carbonyl (C=O) groups excluding carboxylic acids is 1. The Labute approximate surface area is 127 Å². The van der Waals surface area contributed by atoms with Crippen LogP contribution in [0.1, 0.15) is 11.8 Å². The molecule has 0 saturated heterocycles. The summed E-state index contributed by atoms with van der Waals surface area (Å²) < 4.78 is 5.07. The lowest BCUT2D eigenvalue weighted by atomic mass is 10.3. The highest BCUT2D eigenvalue weighted by atomic mass is 32.1. The van der Waals surface area contributed by atoms with Crippen LogP contribution in [-0.4, -0.2) is 25.3 Å². The average molecular weight is 303 g/mol. The van der Waals surface area contributed by atoms with E-state index in [1.54, 1.807) is 18.4 Å². The number of thiophene rings is 1. The molecule has 2 rings (SSSR count). The quantitative estimate of drug-likeness (QED) is 0.637. The fourth-order valence-corrected chi connectivity index (χ4v) is 2.29. The van der Waals surface area contributed by atoms with Crippen LogP contribution < -0.4 is 15.5 Å². The Balaban J connectivity index is 1.80. The maximum Gasteiger partial charge on any atom is 0.259 e. The summed E-state index contributed by atoms with van der Waals surface area (Å²) in [6, 6.07) is 11.3. The van der Waals surface area contributed by atoms with Crippen molar-refractivity contribution in [2.45, 2.75) is 6.92 Å². The molecule has 2 aromatic rings. The fourth-order valence-electron chi connectivity index (χ4n) is 1.62. The number of hydrogen-bond donors (Lipinski definition) is 2. The van der Waals surface area contributed by atoms with Crippen molar-refractivity contribution >= 4 is 28.6 Å². The first-order valence-electron chi connectivity index (χ1n) is 6.44. The van der Waals surface area contributed by atoms with Crippen LogP contribution in [0.3, 0.4) is 0 Å². The van der Waals surface area contributed by atoms with E-state index in [1.807, 2.05) is 48.7 Å². The molecular formula is C15H17N3O2S. The predicted molar refractivity (Wildman–Crippen MR) is 86.2 cm³/mol. The summed E-state index contributed by atoms with van der Waals surface area (Å²) in [5.74, 6) is 0.586. The van der Waals surface area contributed by atoms with Crippen molar-refractivity contribution in [2.75, 3.05) is 19.0 Å². The molecule has 21 heavy (non-hydrogen) atoms. The first kappa shape index (κ1) is 15.1. The van der Waals surface area contributed by atoms with Crippen LogP contribution >= 0.6 is 11.3 Å². The molecule has 0 fully saturated rings. The second-order valence-corrected chi connectivity index (χ2v) is 5.24. The van der Waals surface area contributed by atoms with Crippen molar-refractivity contribution in [3.05, 3.63) is 46.7 Å². The minimum atomic E-state index is -0.193. The first-order chi connectivity index (χ1) is 10.2. The number of hydrazone groups is 1. The smallest absolute Gasteiger partial charge is 0.259 e. The van der Waals surface area contributed by atoms with E-state index in [9.17, 15) is 4.79 Å². The Bertz CT molecular complexity index is 606. The lowest BCUT2D eigenvalue weighted by molar-refractivity contribution is -0.119. The Morgan fingerprint density at radius 1 is 1.29 bits per heavy atom. The number of methoxy groups -OCH3 is 1. The van der Waals surface area contributed by atoms with Gasteiger partial charge in [-0.2, -0.15) is 5.10 Å². The maximum atomic E-state index is 11.7. The molecule has 0 atom stereocenters. The normalized spacial score (nSPS) is 11.0. The Hall–Kier alpha value is -2.34. The molecule has 0 saturated carbocycles. The highest BCUT2D eigenvalue weighted by Gasteiger charge is 2.02. The number of rotatable bonds is 6. The van der Waals surface area contributed by atoms with Gasteiger partial charge in [-0.25, -0.2) is 5.43 Å². The summed E-state index contributed by atoms with van der Waals surface area (Å²) in [5.41, 5.74) is 4.18. The van der Waals surface area contributed by atoms with Crippen molar-refractivity contribution < 1.29 is 9.53 Å². The van der Waals surface area contributed by atoms with Crippen LogP contribution in [0.2, 0.25) is 0 Å². The maximum absolute atomic E-state index is 11.7. The third-order valence-electron chi connectivity index (χ3n) is 2.77. The molecule has 0 unspecified atom stereocenters. The number of hydrogen-bond acceptors (Lipinski definition) is 5. The van der Waals surface area contributed by atoms with Gasteiger partial charge >= 0.3 is 0 Å². The zero-order valence-corrected chi connectivity index (χ0v) is 12.7. The number of amides is 1. The summed E-state index contributed by atoms with van der Waals surface area (Å²) in [6.07, 6.45) is 0. The van der Waals surface area contributed by atoms with E-state index in [0.29, 0.717) is 0 Å². The monoisotopic (exact) mass is 303 g/mol. The fraction of sp³-hybridized carbons (Fsp3) is 0.200. The molecule has 0 aliphatic heterocycles.